The molecular weight excluding hydrogens is 371 g/mol. The number of carbonyl (C=O) groups excluding carboxylic acids is 1. The maximum absolute atomic E-state index is 15.0. The molecule has 0 aliphatic rings. The summed E-state index contributed by atoms with van der Waals surface area (Å²) in [6.07, 6.45) is 0. The molecule has 1 atom stereocenters. The molecule has 0 aliphatic carbocycles. The minimum atomic E-state index is -1.72. The van der Waals surface area contributed by atoms with Crippen LogP contribution in [0.3, 0.4) is 0 Å². The summed E-state index contributed by atoms with van der Waals surface area (Å²) in [7, 11) is 1.16. The van der Waals surface area contributed by atoms with E-state index in [-0.39, 0.29) is 16.7 Å². The van der Waals surface area contributed by atoms with Crippen molar-refractivity contribution < 1.29 is 22.7 Å². The van der Waals surface area contributed by atoms with Crippen molar-refractivity contribution in [3.63, 3.8) is 0 Å². The Balaban J connectivity index is 2.35. The second-order valence-electron chi connectivity index (χ2n) is 5.64. The van der Waals surface area contributed by atoms with Crippen LogP contribution >= 0.6 is 0 Å². The first-order valence-electron chi connectivity index (χ1n) is 7.85. The van der Waals surface area contributed by atoms with Crippen LogP contribution in [0.25, 0.3) is 27.0 Å². The summed E-state index contributed by atoms with van der Waals surface area (Å²) in [6.45, 7) is 6.87. The monoisotopic (exact) mass is 381 g/mol. The number of carbonyl (C=O) groups is 1. The minimum absolute atomic E-state index is 0.0783. The van der Waals surface area contributed by atoms with Crippen molar-refractivity contribution in [1.82, 2.24) is 4.98 Å². The Morgan fingerprint density at radius 1 is 1.21 bits per heavy atom. The maximum atomic E-state index is 15.0. The molecule has 1 unspecified atom stereocenters. The summed E-state index contributed by atoms with van der Waals surface area (Å²) >= 11 is 0. The summed E-state index contributed by atoms with van der Waals surface area (Å²) in [6, 6.07) is 7.20. The number of hydrogen-bond donors (Lipinski definition) is 0. The number of nitrogens with zero attached hydrogens (tertiary/aromatic N) is 3. The molecule has 8 heteroatoms. The summed E-state index contributed by atoms with van der Waals surface area (Å²) < 4.78 is 49.0. The Hall–Kier alpha value is -3.91. The van der Waals surface area contributed by atoms with Crippen molar-refractivity contribution in [1.29, 1.82) is 5.26 Å². The molecule has 0 fully saturated rings. The zero-order chi connectivity index (χ0) is 20.4. The average Bonchev–Trinajstić information content (AvgIpc) is 2.69. The third-order valence-electron chi connectivity index (χ3n) is 4.09. The molecule has 1 aromatic heterocycles. The third-order valence-corrected chi connectivity index (χ3v) is 4.09. The first-order chi connectivity index (χ1) is 13.4. The molecule has 2 aromatic carbocycles. The molecule has 1 heterocycles. The number of halogens is 3. The van der Waals surface area contributed by atoms with Crippen molar-refractivity contribution in [3.8, 4) is 23.1 Å². The van der Waals surface area contributed by atoms with Crippen LogP contribution in [0.15, 0.2) is 36.4 Å². The van der Waals surface area contributed by atoms with Crippen LogP contribution in [0.2, 0.25) is 0 Å². The molecule has 0 radical (unpaired) electrons. The van der Waals surface area contributed by atoms with Gasteiger partial charge in [-0.05, 0) is 24.3 Å². The predicted molar refractivity (Wildman–Crippen MR) is 93.9 cm³/mol. The molecule has 3 rings (SSSR count). The maximum Gasteiger partial charge on any atom is 0.368 e. The fraction of sp³-hybridized carbons (Fsp3) is 0.100. The molecular formula is C20H10F3N3O2. The highest BCUT2D eigenvalue weighted by molar-refractivity contribution is 6.06. The zero-order valence-corrected chi connectivity index (χ0v) is 14.3. The largest absolute Gasteiger partial charge is 0.493 e. The number of pyridine rings is 1. The Morgan fingerprint density at radius 3 is 2.54 bits per heavy atom. The lowest BCUT2D eigenvalue weighted by atomic mass is 10.0. The molecule has 28 heavy (non-hydrogen) atoms. The van der Waals surface area contributed by atoms with Gasteiger partial charge in [-0.1, -0.05) is 12.1 Å². The van der Waals surface area contributed by atoms with Gasteiger partial charge in [-0.2, -0.15) is 5.26 Å². The number of Topliss-reactive ketones (excluding diaryl/α,β-unsaturated/α-hetero) is 1. The van der Waals surface area contributed by atoms with Gasteiger partial charge in [0.15, 0.2) is 23.5 Å². The first kappa shape index (κ1) is 18.9. The summed E-state index contributed by atoms with van der Waals surface area (Å²) in [5.74, 6) is -4.34. The van der Waals surface area contributed by atoms with Gasteiger partial charge in [0.2, 0.25) is 0 Å². The van der Waals surface area contributed by atoms with E-state index in [9.17, 15) is 13.6 Å². The summed E-state index contributed by atoms with van der Waals surface area (Å²) in [4.78, 5) is 19.0. The van der Waals surface area contributed by atoms with Gasteiger partial charge in [0.05, 0.1) is 12.7 Å². The fourth-order valence-electron chi connectivity index (χ4n) is 2.76. The second kappa shape index (κ2) is 7.37. The Labute approximate surface area is 157 Å². The van der Waals surface area contributed by atoms with Gasteiger partial charge < -0.3 is 4.74 Å². The van der Waals surface area contributed by atoms with Crippen molar-refractivity contribution in [2.75, 3.05) is 7.11 Å². The normalized spacial score (nSPS) is 11.5. The van der Waals surface area contributed by atoms with Gasteiger partial charge in [0, 0.05) is 10.9 Å². The van der Waals surface area contributed by atoms with Crippen molar-refractivity contribution in [2.45, 2.75) is 6.04 Å². The van der Waals surface area contributed by atoms with Crippen molar-refractivity contribution in [3.05, 3.63) is 70.8 Å². The highest BCUT2D eigenvalue weighted by atomic mass is 19.1. The van der Waals surface area contributed by atoms with Gasteiger partial charge in [-0.3, -0.25) is 9.64 Å². The van der Waals surface area contributed by atoms with Crippen LogP contribution in [-0.4, -0.2) is 23.9 Å². The highest BCUT2D eigenvalue weighted by Gasteiger charge is 2.30. The third kappa shape index (κ3) is 2.91. The lowest BCUT2D eigenvalue weighted by molar-refractivity contribution is 0.0988. The quantitative estimate of drug-likeness (QED) is 0.499. The van der Waals surface area contributed by atoms with E-state index in [0.717, 1.165) is 19.2 Å². The van der Waals surface area contributed by atoms with Gasteiger partial charge in [0.1, 0.15) is 17.0 Å². The number of hydrogen-bond acceptors (Lipinski definition) is 4. The molecule has 0 aliphatic heterocycles. The van der Waals surface area contributed by atoms with Crippen LogP contribution < -0.4 is 4.74 Å². The number of rotatable bonds is 4. The molecule has 5 nitrogen and oxygen atoms in total. The van der Waals surface area contributed by atoms with Gasteiger partial charge >= 0.3 is 6.04 Å². The molecule has 3 aromatic rings. The Bertz CT molecular complexity index is 1180. The van der Waals surface area contributed by atoms with Crippen LogP contribution in [0.4, 0.5) is 13.2 Å². The number of aromatic nitrogens is 1. The van der Waals surface area contributed by atoms with E-state index < -0.39 is 46.1 Å². The lowest BCUT2D eigenvalue weighted by Crippen LogP contribution is -2.17. The second-order valence-corrected chi connectivity index (χ2v) is 5.64. The van der Waals surface area contributed by atoms with Crippen LogP contribution in [-0.2, 0) is 0 Å². The molecule has 0 bridgehead atoms. The highest BCUT2D eigenvalue weighted by Crippen LogP contribution is 2.36. The number of benzene rings is 2. The van der Waals surface area contributed by atoms with E-state index >= 15 is 4.39 Å². The SMILES string of the molecule is [C-]#[N+]C(C#N)C(=O)c1ccc2c(OC)c(F)c(-c3ccccc3F)nc2c1F. The molecule has 138 valence electrons. The fourth-order valence-corrected chi connectivity index (χ4v) is 2.76. The van der Waals surface area contributed by atoms with Crippen LogP contribution in [0, 0.1) is 35.4 Å². The first-order valence-corrected chi connectivity index (χ1v) is 7.85. The Morgan fingerprint density at radius 2 is 1.93 bits per heavy atom. The smallest absolute Gasteiger partial charge is 0.368 e. The van der Waals surface area contributed by atoms with E-state index in [4.69, 9.17) is 16.6 Å². The van der Waals surface area contributed by atoms with Crippen molar-refractivity contribution in [2.24, 2.45) is 0 Å². The van der Waals surface area contributed by atoms with E-state index in [1.807, 2.05) is 0 Å². The lowest BCUT2D eigenvalue weighted by Gasteiger charge is -2.13. The van der Waals surface area contributed by atoms with Gasteiger partial charge in [-0.15, -0.1) is 0 Å². The molecule has 0 amide bonds. The van der Waals surface area contributed by atoms with E-state index in [0.29, 0.717) is 0 Å². The average molecular weight is 381 g/mol. The van der Waals surface area contributed by atoms with E-state index in [2.05, 4.69) is 9.83 Å². The standard InChI is InChI=1S/C20H10F3N3O2/c1-25-14(9-24)19(27)11-7-8-12-18(15(11)22)26-17(16(23)20(12)28-2)10-5-3-4-6-13(10)21/h3-8,14H,2H3. The molecule has 0 N–H and O–H groups in total. The molecule has 0 saturated heterocycles. The number of ketones is 1. The Kier molecular flexibility index (Phi) is 4.97. The number of methoxy groups -OCH3 is 1. The number of nitriles is 1. The molecule has 0 spiro atoms. The molecule has 0 saturated carbocycles. The van der Waals surface area contributed by atoms with Crippen LogP contribution in [0.1, 0.15) is 10.4 Å². The number of fused-ring (bicyclic) bond motifs is 1. The summed E-state index contributed by atoms with van der Waals surface area (Å²) in [5, 5.41) is 8.79. The summed E-state index contributed by atoms with van der Waals surface area (Å²) in [5.41, 5.74) is -1.69. The van der Waals surface area contributed by atoms with Gasteiger partial charge in [-0.25, -0.2) is 24.7 Å². The van der Waals surface area contributed by atoms with Gasteiger partial charge in [0.25, 0.3) is 5.78 Å². The van der Waals surface area contributed by atoms with E-state index in [1.54, 1.807) is 0 Å². The van der Waals surface area contributed by atoms with Crippen molar-refractivity contribution >= 4 is 16.7 Å². The topological polar surface area (TPSA) is 67.3 Å². The van der Waals surface area contributed by atoms with E-state index in [1.165, 1.54) is 30.3 Å². The predicted octanol–water partition coefficient (Wildman–Crippen LogP) is 4.32. The zero-order valence-electron chi connectivity index (χ0n) is 14.3. The van der Waals surface area contributed by atoms with Crippen LogP contribution in [0.5, 0.6) is 5.75 Å². The minimum Gasteiger partial charge on any atom is -0.493 e. The number of ether oxygens (including phenoxy) is 1.